The maximum atomic E-state index is 14.5. The van der Waals surface area contributed by atoms with E-state index in [4.69, 9.17) is 10.5 Å². The third kappa shape index (κ3) is 13.1. The highest BCUT2D eigenvalue weighted by Crippen LogP contribution is 2.31. The van der Waals surface area contributed by atoms with Crippen LogP contribution in [-0.2, 0) is 33.5 Å². The van der Waals surface area contributed by atoms with Crippen molar-refractivity contribution in [1.82, 2.24) is 31.5 Å². The van der Waals surface area contributed by atoms with Gasteiger partial charge in [-0.05, 0) is 61.1 Å². The summed E-state index contributed by atoms with van der Waals surface area (Å²) in [5, 5.41) is 13.1. The Hall–Kier alpha value is -5.80. The second-order valence-electron chi connectivity index (χ2n) is 15.4. The van der Waals surface area contributed by atoms with Gasteiger partial charge in [-0.2, -0.15) is 0 Å². The van der Waals surface area contributed by atoms with Gasteiger partial charge in [-0.1, -0.05) is 95.0 Å². The molecule has 58 heavy (non-hydrogen) atoms. The van der Waals surface area contributed by atoms with Gasteiger partial charge in [-0.3, -0.25) is 33.6 Å². The van der Waals surface area contributed by atoms with Crippen LogP contribution in [0.1, 0.15) is 94.1 Å². The molecule has 0 bridgehead atoms. The Morgan fingerprint density at radius 3 is 2.12 bits per heavy atom. The molecule has 16 nitrogen and oxygen atoms in total. The number of nitrogens with one attached hydrogen (secondary N) is 5. The van der Waals surface area contributed by atoms with E-state index in [1.54, 1.807) is 67.6 Å². The molecule has 16 heteroatoms. The van der Waals surface area contributed by atoms with E-state index < -0.39 is 72.1 Å². The van der Waals surface area contributed by atoms with E-state index >= 15 is 0 Å². The summed E-state index contributed by atoms with van der Waals surface area (Å²) in [4.78, 5) is 107. The lowest BCUT2D eigenvalue weighted by atomic mass is 9.83. The minimum Gasteiger partial charge on any atom is -0.449 e. The number of primary amides is 1. The van der Waals surface area contributed by atoms with Gasteiger partial charge in [0, 0.05) is 18.7 Å². The van der Waals surface area contributed by atoms with Crippen LogP contribution in [0.4, 0.5) is 4.79 Å². The second-order valence-corrected chi connectivity index (χ2v) is 15.4. The number of rotatable bonds is 19. The van der Waals surface area contributed by atoms with Crippen LogP contribution in [0, 0.1) is 17.8 Å². The van der Waals surface area contributed by atoms with Crippen molar-refractivity contribution in [2.45, 2.75) is 96.3 Å². The molecule has 7 N–H and O–H groups in total. The van der Waals surface area contributed by atoms with Gasteiger partial charge in [0.05, 0.1) is 19.2 Å². The summed E-state index contributed by atoms with van der Waals surface area (Å²) in [5.74, 6) is -5.70. The lowest BCUT2D eigenvalue weighted by Crippen LogP contribution is -2.58. The molecule has 0 spiro atoms. The number of Topliss-reactive ketones (excluding diaryl/α,β-unsaturated/α-hetero) is 1. The number of likely N-dealkylation sites (tertiary alicyclic amines) is 1. The van der Waals surface area contributed by atoms with Crippen molar-refractivity contribution in [1.29, 1.82) is 0 Å². The van der Waals surface area contributed by atoms with Gasteiger partial charge in [-0.15, -0.1) is 0 Å². The van der Waals surface area contributed by atoms with Gasteiger partial charge >= 0.3 is 6.09 Å². The number of ketones is 1. The van der Waals surface area contributed by atoms with Crippen molar-refractivity contribution < 1.29 is 43.1 Å². The minimum absolute atomic E-state index is 0.0694. The molecule has 1 aliphatic carbocycles. The number of ether oxygens (including phenoxy) is 1. The fraction of sp³-hybridized carbons (Fsp3) is 0.524. The summed E-state index contributed by atoms with van der Waals surface area (Å²) in [6.07, 6.45) is 4.00. The molecule has 1 saturated heterocycles. The van der Waals surface area contributed by atoms with Crippen molar-refractivity contribution in [3.63, 3.8) is 0 Å². The average molecular weight is 804 g/mol. The third-order valence-corrected chi connectivity index (χ3v) is 10.3. The molecule has 2 fully saturated rings. The van der Waals surface area contributed by atoms with Crippen molar-refractivity contribution in [2.75, 3.05) is 26.2 Å². The van der Waals surface area contributed by atoms with Gasteiger partial charge in [0.15, 0.2) is 0 Å². The van der Waals surface area contributed by atoms with Gasteiger partial charge in [0.1, 0.15) is 18.1 Å². The predicted molar refractivity (Wildman–Crippen MR) is 213 cm³/mol. The first kappa shape index (κ1) is 44.9. The largest absolute Gasteiger partial charge is 0.449 e. The predicted octanol–water partition coefficient (Wildman–Crippen LogP) is 2.28. The molecule has 2 unspecified atom stereocenters. The fourth-order valence-corrected chi connectivity index (χ4v) is 7.34. The number of alkyl carbamates (subject to hydrolysis) is 1. The maximum absolute atomic E-state index is 14.5. The van der Waals surface area contributed by atoms with E-state index in [2.05, 4.69) is 26.6 Å². The Labute approximate surface area is 339 Å². The van der Waals surface area contributed by atoms with Gasteiger partial charge in [0.2, 0.25) is 29.4 Å². The highest BCUT2D eigenvalue weighted by Gasteiger charge is 2.45. The summed E-state index contributed by atoms with van der Waals surface area (Å²) >= 11 is 0. The van der Waals surface area contributed by atoms with Crippen LogP contribution in [0.5, 0.6) is 0 Å². The van der Waals surface area contributed by atoms with E-state index in [9.17, 15) is 38.4 Å². The van der Waals surface area contributed by atoms with Crippen molar-refractivity contribution in [3.05, 3.63) is 71.8 Å². The summed E-state index contributed by atoms with van der Waals surface area (Å²) in [6, 6.07) is 12.3. The molecule has 7 amide bonds. The van der Waals surface area contributed by atoms with E-state index in [1.807, 2.05) is 13.8 Å². The van der Waals surface area contributed by atoms with Crippen LogP contribution < -0.4 is 32.3 Å². The molecule has 0 radical (unpaired) electrons. The number of amides is 7. The Morgan fingerprint density at radius 1 is 0.845 bits per heavy atom. The summed E-state index contributed by atoms with van der Waals surface area (Å²) < 4.78 is 5.38. The molecule has 1 aliphatic heterocycles. The number of benzene rings is 2. The van der Waals surface area contributed by atoms with Gasteiger partial charge < -0.3 is 42.0 Å². The van der Waals surface area contributed by atoms with Crippen LogP contribution in [0.3, 0.4) is 0 Å². The molecule has 2 aliphatic rings. The summed E-state index contributed by atoms with van der Waals surface area (Å²) in [7, 11) is 0. The lowest BCUT2D eigenvalue weighted by Gasteiger charge is -2.34. The SMILES string of the molecule is CCCC(NC(=O)[C@@H]1CC(CNC(=O)c2ccccc2)CN1C(=O)[C@H](NC(=O)OCC(C)C)C1CCCCC1)C(=O)C(=O)NCC(=O)N[C@@H](C(N)=O)c1ccccc1. The molecule has 1 saturated carbocycles. The third-order valence-electron chi connectivity index (χ3n) is 10.3. The smallest absolute Gasteiger partial charge is 0.407 e. The number of nitrogens with two attached hydrogens (primary N) is 1. The molecule has 5 atom stereocenters. The number of hydrogen-bond donors (Lipinski definition) is 6. The van der Waals surface area contributed by atoms with Crippen molar-refractivity contribution in [2.24, 2.45) is 23.5 Å². The van der Waals surface area contributed by atoms with E-state index in [-0.39, 0.29) is 56.2 Å². The zero-order chi connectivity index (χ0) is 42.2. The highest BCUT2D eigenvalue weighted by molar-refractivity contribution is 6.38. The first-order valence-electron chi connectivity index (χ1n) is 20.1. The Kier molecular flexibility index (Phi) is 17.2. The molecule has 2 aromatic carbocycles. The Morgan fingerprint density at radius 2 is 1.50 bits per heavy atom. The number of carbonyl (C=O) groups is 8. The number of nitrogens with zero attached hydrogens (tertiary/aromatic N) is 1. The van der Waals surface area contributed by atoms with Crippen LogP contribution in [0.2, 0.25) is 0 Å². The number of hydrogen-bond acceptors (Lipinski definition) is 9. The molecule has 1 heterocycles. The van der Waals surface area contributed by atoms with Crippen LogP contribution in [-0.4, -0.2) is 96.6 Å². The first-order valence-corrected chi connectivity index (χ1v) is 20.1. The monoisotopic (exact) mass is 803 g/mol. The van der Waals surface area contributed by atoms with E-state index in [0.717, 1.165) is 19.3 Å². The van der Waals surface area contributed by atoms with Crippen LogP contribution >= 0.6 is 0 Å². The van der Waals surface area contributed by atoms with Gasteiger partial charge in [-0.25, -0.2) is 4.79 Å². The Balaban J connectivity index is 1.49. The van der Waals surface area contributed by atoms with E-state index in [0.29, 0.717) is 30.4 Å². The number of carbonyl (C=O) groups excluding carboxylic acids is 8. The molecule has 2 aromatic rings. The normalized spacial score (nSPS) is 18.2. The topological polar surface area (TPSA) is 235 Å². The molecule has 0 aromatic heterocycles. The van der Waals surface area contributed by atoms with Crippen molar-refractivity contribution >= 4 is 47.3 Å². The van der Waals surface area contributed by atoms with Crippen molar-refractivity contribution in [3.8, 4) is 0 Å². The summed E-state index contributed by atoms with van der Waals surface area (Å²) in [5.41, 5.74) is 6.36. The van der Waals surface area contributed by atoms with Crippen LogP contribution in [0.15, 0.2) is 60.7 Å². The first-order chi connectivity index (χ1) is 27.8. The maximum Gasteiger partial charge on any atom is 0.407 e. The second kappa shape index (κ2) is 22.2. The minimum atomic E-state index is -1.30. The Bertz CT molecular complexity index is 1750. The highest BCUT2D eigenvalue weighted by atomic mass is 16.5. The summed E-state index contributed by atoms with van der Waals surface area (Å²) in [6.45, 7) is 5.28. The average Bonchev–Trinajstić information content (AvgIpc) is 3.67. The lowest BCUT2D eigenvalue weighted by molar-refractivity contribution is -0.143. The van der Waals surface area contributed by atoms with E-state index in [1.165, 1.54) is 4.90 Å². The molecular formula is C42H57N7O9. The molecule has 314 valence electrons. The fourth-order valence-electron chi connectivity index (χ4n) is 7.34. The van der Waals surface area contributed by atoms with Crippen LogP contribution in [0.25, 0.3) is 0 Å². The zero-order valence-corrected chi connectivity index (χ0v) is 33.5. The molecular weight excluding hydrogens is 747 g/mol. The quantitative estimate of drug-likeness (QED) is 0.114. The standard InChI is InChI=1S/C42H57N7O9/c1-4-14-31(36(51)40(55)45-23-33(50)47-34(37(43)52)28-15-8-5-9-16-28)46-39(54)32-21-27(22-44-38(53)30-19-12-7-13-20-30)24-49(32)41(56)35(29-17-10-6-11-18-29)48-42(57)58-25-26(2)3/h5,7-9,12-13,15-16,19-20,26-27,29,31-32,34-35H,4,6,10-11,14,17-18,21-25H2,1-3H3,(H2,43,52)(H,44,53)(H,45,55)(H,46,54)(H,47,50)(H,48,57)/t27?,31?,32-,34+,35+/m0/s1. The zero-order valence-electron chi connectivity index (χ0n) is 33.5. The molecule has 4 rings (SSSR count). The van der Waals surface area contributed by atoms with Gasteiger partial charge in [0.25, 0.3) is 11.8 Å².